The third kappa shape index (κ3) is 4.03. The Kier molecular flexibility index (Phi) is 5.51. The van der Waals surface area contributed by atoms with Crippen LogP contribution < -0.4 is 9.64 Å². The molecular formula is C18H25N3OS. The Morgan fingerprint density at radius 1 is 1.13 bits per heavy atom. The third-order valence-electron chi connectivity index (χ3n) is 4.17. The van der Waals surface area contributed by atoms with E-state index in [1.165, 1.54) is 16.4 Å². The first-order valence-corrected chi connectivity index (χ1v) is 9.30. The lowest BCUT2D eigenvalue weighted by molar-refractivity contribution is 0.246. The first kappa shape index (κ1) is 16.3. The summed E-state index contributed by atoms with van der Waals surface area (Å²) in [5.74, 6) is 0.996. The van der Waals surface area contributed by atoms with E-state index in [0.29, 0.717) is 6.61 Å². The van der Waals surface area contributed by atoms with E-state index < -0.39 is 0 Å². The van der Waals surface area contributed by atoms with Crippen LogP contribution in [-0.4, -0.2) is 42.7 Å². The number of piperazine rings is 1. The summed E-state index contributed by atoms with van der Waals surface area (Å²) in [6.07, 6.45) is 1.03. The molecular weight excluding hydrogens is 306 g/mol. The second-order valence-electron chi connectivity index (χ2n) is 5.75. The molecule has 2 heterocycles. The molecule has 23 heavy (non-hydrogen) atoms. The van der Waals surface area contributed by atoms with Gasteiger partial charge in [-0.3, -0.25) is 4.90 Å². The van der Waals surface area contributed by atoms with Gasteiger partial charge in [-0.1, -0.05) is 19.1 Å². The van der Waals surface area contributed by atoms with Gasteiger partial charge >= 0.3 is 0 Å². The van der Waals surface area contributed by atoms with Gasteiger partial charge in [0.05, 0.1) is 23.0 Å². The number of rotatable bonds is 6. The van der Waals surface area contributed by atoms with Crippen LogP contribution in [0.1, 0.15) is 24.5 Å². The van der Waals surface area contributed by atoms with E-state index in [1.807, 2.05) is 13.0 Å². The molecule has 1 saturated heterocycles. The zero-order valence-corrected chi connectivity index (χ0v) is 14.8. The maximum absolute atomic E-state index is 5.76. The standard InChI is InChI=1S/C18H25N3OS/c1-3-18-19-15(14-23-18)13-20-9-11-21(12-10-20)16-7-5-6-8-17(16)22-4-2/h5-8,14H,3-4,9-13H2,1-2H3. The van der Waals surface area contributed by atoms with Crippen molar-refractivity contribution in [3.05, 3.63) is 40.3 Å². The van der Waals surface area contributed by atoms with E-state index >= 15 is 0 Å². The maximum atomic E-state index is 5.76. The molecule has 1 aromatic heterocycles. The van der Waals surface area contributed by atoms with Crippen molar-refractivity contribution in [3.63, 3.8) is 0 Å². The minimum absolute atomic E-state index is 0.709. The summed E-state index contributed by atoms with van der Waals surface area (Å²) >= 11 is 1.78. The molecule has 0 N–H and O–H groups in total. The van der Waals surface area contributed by atoms with Gasteiger partial charge in [-0.2, -0.15) is 0 Å². The molecule has 124 valence electrons. The molecule has 1 aliphatic heterocycles. The van der Waals surface area contributed by atoms with Gasteiger partial charge < -0.3 is 9.64 Å². The van der Waals surface area contributed by atoms with Crippen molar-refractivity contribution in [2.24, 2.45) is 0 Å². The number of hydrogen-bond donors (Lipinski definition) is 0. The fourth-order valence-electron chi connectivity index (χ4n) is 2.96. The second kappa shape index (κ2) is 7.79. The van der Waals surface area contributed by atoms with Gasteiger partial charge in [0.25, 0.3) is 0 Å². The van der Waals surface area contributed by atoms with Crippen molar-refractivity contribution in [1.82, 2.24) is 9.88 Å². The van der Waals surface area contributed by atoms with Crippen molar-refractivity contribution in [3.8, 4) is 5.75 Å². The quantitative estimate of drug-likeness (QED) is 0.811. The number of anilines is 1. The first-order chi connectivity index (χ1) is 11.3. The Morgan fingerprint density at radius 2 is 1.91 bits per heavy atom. The first-order valence-electron chi connectivity index (χ1n) is 8.42. The van der Waals surface area contributed by atoms with Crippen molar-refractivity contribution in [2.45, 2.75) is 26.8 Å². The average Bonchev–Trinajstić information content (AvgIpc) is 3.04. The van der Waals surface area contributed by atoms with Crippen molar-refractivity contribution >= 4 is 17.0 Å². The highest BCUT2D eigenvalue weighted by Crippen LogP contribution is 2.29. The predicted octanol–water partition coefficient (Wildman–Crippen LogP) is 3.43. The largest absolute Gasteiger partial charge is 0.492 e. The lowest BCUT2D eigenvalue weighted by Gasteiger charge is -2.36. The fraction of sp³-hybridized carbons (Fsp3) is 0.500. The molecule has 0 spiro atoms. The highest BCUT2D eigenvalue weighted by molar-refractivity contribution is 7.09. The van der Waals surface area contributed by atoms with Crippen LogP contribution in [0.4, 0.5) is 5.69 Å². The van der Waals surface area contributed by atoms with Crippen LogP contribution in [-0.2, 0) is 13.0 Å². The Hall–Kier alpha value is -1.59. The number of hydrogen-bond acceptors (Lipinski definition) is 5. The molecule has 0 radical (unpaired) electrons. The lowest BCUT2D eigenvalue weighted by Crippen LogP contribution is -2.46. The summed E-state index contributed by atoms with van der Waals surface area (Å²) in [5.41, 5.74) is 2.44. The summed E-state index contributed by atoms with van der Waals surface area (Å²) in [6, 6.07) is 8.35. The van der Waals surface area contributed by atoms with Crippen LogP contribution in [0.2, 0.25) is 0 Å². The van der Waals surface area contributed by atoms with Crippen molar-refractivity contribution in [2.75, 3.05) is 37.7 Å². The molecule has 0 saturated carbocycles. The van der Waals surface area contributed by atoms with E-state index in [-0.39, 0.29) is 0 Å². The van der Waals surface area contributed by atoms with Crippen LogP contribution >= 0.6 is 11.3 Å². The van der Waals surface area contributed by atoms with Crippen molar-refractivity contribution in [1.29, 1.82) is 0 Å². The van der Waals surface area contributed by atoms with Gasteiger partial charge in [0.2, 0.25) is 0 Å². The summed E-state index contributed by atoms with van der Waals surface area (Å²) in [7, 11) is 0. The van der Waals surface area contributed by atoms with Gasteiger partial charge in [0.1, 0.15) is 5.75 Å². The van der Waals surface area contributed by atoms with Crippen molar-refractivity contribution < 1.29 is 4.74 Å². The van der Waals surface area contributed by atoms with Gasteiger partial charge in [-0.25, -0.2) is 4.98 Å². The highest BCUT2D eigenvalue weighted by Gasteiger charge is 2.20. The number of thiazole rings is 1. The SMILES string of the molecule is CCOc1ccccc1N1CCN(Cc2csc(CC)n2)CC1. The minimum atomic E-state index is 0.709. The van der Waals surface area contributed by atoms with E-state index in [0.717, 1.165) is 44.9 Å². The molecule has 1 aliphatic rings. The molecule has 5 heteroatoms. The van der Waals surface area contributed by atoms with Gasteiger partial charge in [0, 0.05) is 38.1 Å². The Morgan fingerprint density at radius 3 is 2.61 bits per heavy atom. The molecule has 4 nitrogen and oxygen atoms in total. The summed E-state index contributed by atoms with van der Waals surface area (Å²) in [6.45, 7) is 10.1. The molecule has 0 atom stereocenters. The molecule has 0 unspecified atom stereocenters. The monoisotopic (exact) mass is 331 g/mol. The zero-order valence-electron chi connectivity index (χ0n) is 14.0. The van der Waals surface area contributed by atoms with Crippen LogP contribution in [0.25, 0.3) is 0 Å². The highest BCUT2D eigenvalue weighted by atomic mass is 32.1. The Labute approximate surface area is 142 Å². The number of para-hydroxylation sites is 2. The van der Waals surface area contributed by atoms with Crippen LogP contribution in [0.5, 0.6) is 5.75 Å². The zero-order chi connectivity index (χ0) is 16.1. The molecule has 2 aromatic rings. The maximum Gasteiger partial charge on any atom is 0.142 e. The van der Waals surface area contributed by atoms with Gasteiger partial charge in [-0.05, 0) is 25.5 Å². The molecule has 0 bridgehead atoms. The fourth-order valence-corrected chi connectivity index (χ4v) is 3.69. The summed E-state index contributed by atoms with van der Waals surface area (Å²) in [5, 5.41) is 3.44. The van der Waals surface area contributed by atoms with E-state index in [1.54, 1.807) is 11.3 Å². The predicted molar refractivity (Wildman–Crippen MR) is 96.6 cm³/mol. The smallest absolute Gasteiger partial charge is 0.142 e. The summed E-state index contributed by atoms with van der Waals surface area (Å²) < 4.78 is 5.76. The number of nitrogens with zero attached hydrogens (tertiary/aromatic N) is 3. The molecule has 1 aromatic carbocycles. The summed E-state index contributed by atoms with van der Waals surface area (Å²) in [4.78, 5) is 9.61. The molecule has 0 amide bonds. The number of ether oxygens (including phenoxy) is 1. The van der Waals surface area contributed by atoms with E-state index in [9.17, 15) is 0 Å². The Balaban J connectivity index is 1.58. The van der Waals surface area contributed by atoms with Gasteiger partial charge in [-0.15, -0.1) is 11.3 Å². The number of aryl methyl sites for hydroxylation is 1. The van der Waals surface area contributed by atoms with Crippen LogP contribution in [0.3, 0.4) is 0 Å². The topological polar surface area (TPSA) is 28.6 Å². The van der Waals surface area contributed by atoms with E-state index in [4.69, 9.17) is 4.74 Å². The average molecular weight is 331 g/mol. The molecule has 0 aliphatic carbocycles. The normalized spacial score (nSPS) is 15.8. The number of benzene rings is 1. The molecule has 1 fully saturated rings. The number of aromatic nitrogens is 1. The van der Waals surface area contributed by atoms with E-state index in [2.05, 4.69) is 45.3 Å². The van der Waals surface area contributed by atoms with Crippen LogP contribution in [0, 0.1) is 0 Å². The Bertz CT molecular complexity index is 620. The third-order valence-corrected chi connectivity index (χ3v) is 5.21. The van der Waals surface area contributed by atoms with Crippen LogP contribution in [0.15, 0.2) is 29.6 Å². The minimum Gasteiger partial charge on any atom is -0.492 e. The second-order valence-corrected chi connectivity index (χ2v) is 6.69. The van der Waals surface area contributed by atoms with Gasteiger partial charge in [0.15, 0.2) is 0 Å². The lowest BCUT2D eigenvalue weighted by atomic mass is 10.2. The molecule has 3 rings (SSSR count).